The van der Waals surface area contributed by atoms with Crippen LogP contribution >= 0.6 is 11.3 Å². The maximum absolute atomic E-state index is 13.1. The number of nitriles is 1. The van der Waals surface area contributed by atoms with Crippen molar-refractivity contribution < 1.29 is 18.7 Å². The molecule has 0 fully saturated rings. The minimum absolute atomic E-state index is 0.0597. The second kappa shape index (κ2) is 13.3. The number of aromatic nitrogens is 1. The Balaban J connectivity index is 1.63. The molecule has 1 amide bonds. The normalized spacial score (nSPS) is 11.1. The van der Waals surface area contributed by atoms with E-state index in [1.807, 2.05) is 6.07 Å². The van der Waals surface area contributed by atoms with Gasteiger partial charge in [0.1, 0.15) is 17.5 Å². The smallest absolute Gasteiger partial charge is 0.268 e. The second-order valence-electron chi connectivity index (χ2n) is 7.88. The number of ether oxygens (including phenoxy) is 2. The summed E-state index contributed by atoms with van der Waals surface area (Å²) in [5.41, 5.74) is 1.52. The Bertz CT molecular complexity index is 1200. The van der Waals surface area contributed by atoms with Crippen LogP contribution in [0.3, 0.4) is 0 Å². The number of benzene rings is 2. The van der Waals surface area contributed by atoms with Crippen LogP contribution in [0.25, 0.3) is 6.08 Å². The summed E-state index contributed by atoms with van der Waals surface area (Å²) < 4.78 is 24.3. The Morgan fingerprint density at radius 2 is 1.97 bits per heavy atom. The van der Waals surface area contributed by atoms with E-state index in [9.17, 15) is 14.4 Å². The Hall–Kier alpha value is -3.70. The lowest BCUT2D eigenvalue weighted by molar-refractivity contribution is -0.112. The molecule has 8 heteroatoms. The molecule has 0 atom stereocenters. The molecule has 0 bridgehead atoms. The number of nitrogens with one attached hydrogen (secondary N) is 1. The van der Waals surface area contributed by atoms with Gasteiger partial charge in [-0.15, -0.1) is 11.3 Å². The first-order chi connectivity index (χ1) is 17.0. The molecule has 1 heterocycles. The molecule has 0 saturated heterocycles. The monoisotopic (exact) mass is 493 g/mol. The molecule has 0 aliphatic carbocycles. The van der Waals surface area contributed by atoms with E-state index in [-0.39, 0.29) is 11.4 Å². The fourth-order valence-electron chi connectivity index (χ4n) is 3.33. The van der Waals surface area contributed by atoms with Crippen molar-refractivity contribution in [2.75, 3.05) is 19.0 Å². The summed E-state index contributed by atoms with van der Waals surface area (Å²) in [4.78, 5) is 17.8. The van der Waals surface area contributed by atoms with Gasteiger partial charge in [-0.25, -0.2) is 9.37 Å². The fourth-order valence-corrected chi connectivity index (χ4v) is 4.18. The quantitative estimate of drug-likeness (QED) is 0.180. The SMILES string of the molecule is CCCCCCOc1ccc(C=C(C#N)C(=O)Nc2ncc(Cc3ccc(F)cc3)s2)cc1OC. The van der Waals surface area contributed by atoms with Crippen molar-refractivity contribution in [2.45, 2.75) is 39.0 Å². The Kier molecular flexibility index (Phi) is 9.81. The molecule has 3 rings (SSSR count). The van der Waals surface area contributed by atoms with E-state index in [4.69, 9.17) is 9.47 Å². The van der Waals surface area contributed by atoms with Crippen LogP contribution in [0.2, 0.25) is 0 Å². The van der Waals surface area contributed by atoms with Gasteiger partial charge in [-0.05, 0) is 47.9 Å². The van der Waals surface area contributed by atoms with Crippen molar-refractivity contribution in [2.24, 2.45) is 0 Å². The zero-order valence-corrected chi connectivity index (χ0v) is 20.7. The number of thiazole rings is 1. The van der Waals surface area contributed by atoms with E-state index < -0.39 is 5.91 Å². The molecular formula is C27H28FN3O3S. The van der Waals surface area contributed by atoms with Crippen molar-refractivity contribution in [3.05, 3.63) is 76.1 Å². The van der Waals surface area contributed by atoms with Crippen LogP contribution in [0, 0.1) is 17.1 Å². The molecule has 3 aromatic rings. The molecule has 2 aromatic carbocycles. The first-order valence-corrected chi connectivity index (χ1v) is 12.3. The molecule has 0 unspecified atom stereocenters. The summed E-state index contributed by atoms with van der Waals surface area (Å²) in [6.45, 7) is 2.77. The predicted octanol–water partition coefficient (Wildman–Crippen LogP) is 6.39. The Labute approximate surface area is 209 Å². The third-order valence-electron chi connectivity index (χ3n) is 5.18. The average Bonchev–Trinajstić information content (AvgIpc) is 3.30. The largest absolute Gasteiger partial charge is 0.493 e. The van der Waals surface area contributed by atoms with Crippen molar-refractivity contribution in [3.8, 4) is 17.6 Å². The molecule has 0 aliphatic rings. The molecule has 0 saturated carbocycles. The minimum atomic E-state index is -0.551. The highest BCUT2D eigenvalue weighted by atomic mass is 32.1. The summed E-state index contributed by atoms with van der Waals surface area (Å²) in [6, 6.07) is 13.5. The minimum Gasteiger partial charge on any atom is -0.493 e. The summed E-state index contributed by atoms with van der Waals surface area (Å²) in [5, 5.41) is 12.6. The van der Waals surface area contributed by atoms with Gasteiger partial charge in [0.25, 0.3) is 5.91 Å². The lowest BCUT2D eigenvalue weighted by Crippen LogP contribution is -2.13. The van der Waals surface area contributed by atoms with E-state index in [1.54, 1.807) is 43.6 Å². The second-order valence-corrected chi connectivity index (χ2v) is 8.99. The van der Waals surface area contributed by atoms with Gasteiger partial charge in [0, 0.05) is 17.5 Å². The van der Waals surface area contributed by atoms with Gasteiger partial charge < -0.3 is 9.47 Å². The average molecular weight is 494 g/mol. The number of carbonyl (C=O) groups excluding carboxylic acids is 1. The summed E-state index contributed by atoms with van der Waals surface area (Å²) in [6.07, 6.45) is 8.16. The Morgan fingerprint density at radius 3 is 2.69 bits per heavy atom. The zero-order valence-electron chi connectivity index (χ0n) is 19.8. The van der Waals surface area contributed by atoms with Crippen LogP contribution in [0.4, 0.5) is 9.52 Å². The van der Waals surface area contributed by atoms with Crippen LogP contribution in [0.5, 0.6) is 11.5 Å². The number of nitrogens with zero attached hydrogens (tertiary/aromatic N) is 2. The predicted molar refractivity (Wildman–Crippen MR) is 136 cm³/mol. The molecule has 0 radical (unpaired) electrons. The van der Waals surface area contributed by atoms with E-state index in [1.165, 1.54) is 42.4 Å². The maximum Gasteiger partial charge on any atom is 0.268 e. The maximum atomic E-state index is 13.1. The van der Waals surface area contributed by atoms with E-state index >= 15 is 0 Å². The first kappa shape index (κ1) is 25.9. The van der Waals surface area contributed by atoms with E-state index in [0.29, 0.717) is 35.2 Å². The number of halogens is 1. The summed E-state index contributed by atoms with van der Waals surface area (Å²) in [5.74, 6) is 0.326. The van der Waals surface area contributed by atoms with Crippen molar-refractivity contribution in [1.29, 1.82) is 5.26 Å². The highest BCUT2D eigenvalue weighted by Gasteiger charge is 2.13. The van der Waals surface area contributed by atoms with Crippen LogP contribution in [-0.2, 0) is 11.2 Å². The summed E-state index contributed by atoms with van der Waals surface area (Å²) in [7, 11) is 1.55. The van der Waals surface area contributed by atoms with Gasteiger partial charge in [-0.2, -0.15) is 5.26 Å². The molecular weight excluding hydrogens is 465 g/mol. The first-order valence-electron chi connectivity index (χ1n) is 11.5. The third-order valence-corrected chi connectivity index (χ3v) is 6.10. The number of hydrogen-bond donors (Lipinski definition) is 1. The molecule has 182 valence electrons. The van der Waals surface area contributed by atoms with Gasteiger partial charge in [0.05, 0.1) is 13.7 Å². The van der Waals surface area contributed by atoms with E-state index in [2.05, 4.69) is 17.2 Å². The molecule has 6 nitrogen and oxygen atoms in total. The topological polar surface area (TPSA) is 84.2 Å². The molecule has 35 heavy (non-hydrogen) atoms. The van der Waals surface area contributed by atoms with Gasteiger partial charge >= 0.3 is 0 Å². The molecule has 1 N–H and O–H groups in total. The third kappa shape index (κ3) is 7.94. The number of hydrogen-bond acceptors (Lipinski definition) is 6. The number of anilines is 1. The van der Waals surface area contributed by atoms with Gasteiger partial charge in [-0.3, -0.25) is 10.1 Å². The number of carbonyl (C=O) groups is 1. The van der Waals surface area contributed by atoms with Crippen molar-refractivity contribution in [1.82, 2.24) is 4.98 Å². The molecule has 0 spiro atoms. The van der Waals surface area contributed by atoms with E-state index in [0.717, 1.165) is 23.3 Å². The van der Waals surface area contributed by atoms with Crippen LogP contribution in [0.15, 0.2) is 54.2 Å². The fraction of sp³-hybridized carbons (Fsp3) is 0.296. The number of amides is 1. The van der Waals surface area contributed by atoms with Crippen molar-refractivity contribution in [3.63, 3.8) is 0 Å². The lowest BCUT2D eigenvalue weighted by Gasteiger charge is -2.11. The lowest BCUT2D eigenvalue weighted by atomic mass is 10.1. The van der Waals surface area contributed by atoms with Crippen LogP contribution < -0.4 is 14.8 Å². The number of rotatable bonds is 12. The van der Waals surface area contributed by atoms with Crippen LogP contribution in [-0.4, -0.2) is 24.6 Å². The zero-order chi connectivity index (χ0) is 25.0. The van der Waals surface area contributed by atoms with Crippen LogP contribution in [0.1, 0.15) is 48.6 Å². The highest BCUT2D eigenvalue weighted by Crippen LogP contribution is 2.29. The Morgan fingerprint density at radius 1 is 1.17 bits per heavy atom. The van der Waals surface area contributed by atoms with Gasteiger partial charge in [0.15, 0.2) is 16.6 Å². The molecule has 1 aromatic heterocycles. The van der Waals surface area contributed by atoms with Gasteiger partial charge in [-0.1, -0.05) is 44.4 Å². The van der Waals surface area contributed by atoms with Gasteiger partial charge in [0.2, 0.25) is 0 Å². The number of unbranched alkanes of at least 4 members (excludes halogenated alkanes) is 3. The summed E-state index contributed by atoms with van der Waals surface area (Å²) >= 11 is 1.30. The molecule has 0 aliphatic heterocycles. The van der Waals surface area contributed by atoms with Crippen molar-refractivity contribution >= 4 is 28.5 Å². The highest BCUT2D eigenvalue weighted by molar-refractivity contribution is 7.15. The standard InChI is InChI=1S/C27H28FN3O3S/c1-3-4-5-6-13-34-24-12-9-20(16-25(24)33-2)14-21(17-29)26(32)31-27-30-18-23(35-27)15-19-7-10-22(28)11-8-19/h7-12,14,16,18H,3-6,13,15H2,1-2H3,(H,30,31,32). The number of methoxy groups -OCH3 is 1.